The van der Waals surface area contributed by atoms with Crippen molar-refractivity contribution in [2.45, 2.75) is 13.0 Å². The van der Waals surface area contributed by atoms with Crippen molar-refractivity contribution in [3.63, 3.8) is 0 Å². The van der Waals surface area contributed by atoms with Crippen LogP contribution >= 0.6 is 0 Å². The van der Waals surface area contributed by atoms with E-state index in [1.807, 2.05) is 36.4 Å². The molecule has 0 amide bonds. The maximum atomic E-state index is 12.3. The fourth-order valence-corrected chi connectivity index (χ4v) is 3.27. The number of aromatic amines is 1. The Labute approximate surface area is 196 Å². The summed E-state index contributed by atoms with van der Waals surface area (Å²) in [6, 6.07) is 16.6. The van der Waals surface area contributed by atoms with Gasteiger partial charge in [0, 0.05) is 17.8 Å². The molecule has 4 aromatic rings. The number of rotatable bonds is 10. The largest absolute Gasteiger partial charge is 0.496 e. The van der Waals surface area contributed by atoms with E-state index in [1.165, 1.54) is 12.2 Å². The average Bonchev–Trinajstić information content (AvgIpc) is 3.34. The van der Waals surface area contributed by atoms with Gasteiger partial charge in [0.25, 0.3) is 0 Å². The fraction of sp³-hybridized carbons (Fsp3) is 0.111. The van der Waals surface area contributed by atoms with E-state index in [0.717, 1.165) is 22.3 Å². The lowest BCUT2D eigenvalue weighted by molar-refractivity contribution is -0.121. The predicted molar refractivity (Wildman–Crippen MR) is 130 cm³/mol. The molecule has 34 heavy (non-hydrogen) atoms. The van der Waals surface area contributed by atoms with Gasteiger partial charge in [-0.25, -0.2) is 4.98 Å². The molecule has 0 saturated carbocycles. The first kappa shape index (κ1) is 22.7. The number of pyridine rings is 1. The zero-order valence-electron chi connectivity index (χ0n) is 18.6. The summed E-state index contributed by atoms with van der Waals surface area (Å²) < 4.78 is 11.2. The number of ketones is 2. The molecule has 0 aliphatic heterocycles. The number of fused-ring (bicyclic) bond motifs is 1. The van der Waals surface area contributed by atoms with E-state index in [1.54, 1.807) is 50.0 Å². The van der Waals surface area contributed by atoms with E-state index in [2.05, 4.69) is 15.0 Å². The van der Waals surface area contributed by atoms with Crippen molar-refractivity contribution in [2.75, 3.05) is 7.11 Å². The first-order chi connectivity index (χ1) is 16.6. The van der Waals surface area contributed by atoms with Crippen LogP contribution in [0.1, 0.15) is 23.2 Å². The van der Waals surface area contributed by atoms with Gasteiger partial charge < -0.3 is 14.5 Å². The summed E-state index contributed by atoms with van der Waals surface area (Å²) in [5.41, 5.74) is 4.10. The second-order valence-corrected chi connectivity index (χ2v) is 7.47. The van der Waals surface area contributed by atoms with Crippen LogP contribution in [-0.4, -0.2) is 33.6 Å². The quantitative estimate of drug-likeness (QED) is 0.274. The van der Waals surface area contributed by atoms with E-state index in [-0.39, 0.29) is 18.0 Å². The zero-order valence-corrected chi connectivity index (χ0v) is 18.6. The second kappa shape index (κ2) is 10.9. The third-order valence-electron chi connectivity index (χ3n) is 5.02. The predicted octanol–water partition coefficient (Wildman–Crippen LogP) is 4.80. The number of ether oxygens (including phenoxy) is 2. The van der Waals surface area contributed by atoms with Crippen LogP contribution in [0.3, 0.4) is 0 Å². The van der Waals surface area contributed by atoms with Crippen molar-refractivity contribution < 1.29 is 19.1 Å². The van der Waals surface area contributed by atoms with Gasteiger partial charge in [-0.3, -0.25) is 14.6 Å². The highest BCUT2D eigenvalue weighted by atomic mass is 16.5. The summed E-state index contributed by atoms with van der Waals surface area (Å²) >= 11 is 0. The number of carbonyl (C=O) groups excluding carboxylic acids is 2. The molecule has 7 heteroatoms. The second-order valence-electron chi connectivity index (χ2n) is 7.47. The number of H-pyrrole nitrogens is 1. The Balaban J connectivity index is 1.33. The average molecular weight is 453 g/mol. The van der Waals surface area contributed by atoms with Crippen LogP contribution in [0.15, 0.2) is 79.3 Å². The third-order valence-corrected chi connectivity index (χ3v) is 5.02. The van der Waals surface area contributed by atoms with Crippen LogP contribution in [0, 0.1) is 0 Å². The van der Waals surface area contributed by atoms with E-state index < -0.39 is 0 Å². The van der Waals surface area contributed by atoms with Crippen molar-refractivity contribution in [3.8, 4) is 11.5 Å². The number of allylic oxidation sites excluding steroid dienone is 2. The van der Waals surface area contributed by atoms with Crippen LogP contribution in [0.2, 0.25) is 0 Å². The number of benzene rings is 2. The highest BCUT2D eigenvalue weighted by Crippen LogP contribution is 2.26. The molecule has 4 rings (SSSR count). The number of imidazole rings is 1. The molecule has 7 nitrogen and oxygen atoms in total. The molecule has 0 bridgehead atoms. The van der Waals surface area contributed by atoms with Gasteiger partial charge >= 0.3 is 0 Å². The number of carbonyl (C=O) groups is 2. The van der Waals surface area contributed by atoms with Gasteiger partial charge in [0.05, 0.1) is 36.6 Å². The number of nitrogens with one attached hydrogen (secondary N) is 1. The summed E-state index contributed by atoms with van der Waals surface area (Å²) in [6.07, 6.45) is 9.22. The molecule has 1 N–H and O–H groups in total. The molecule has 0 aliphatic carbocycles. The SMILES string of the molecule is COc1cc(OCc2ccccn2)ccc1/C=C/C(=O)CC(=O)/C=C/c1ccc2[nH]cnc2c1. The smallest absolute Gasteiger partial charge is 0.163 e. The van der Waals surface area contributed by atoms with E-state index in [4.69, 9.17) is 9.47 Å². The number of hydrogen-bond acceptors (Lipinski definition) is 6. The normalized spacial score (nSPS) is 11.3. The minimum Gasteiger partial charge on any atom is -0.496 e. The molecule has 0 unspecified atom stereocenters. The van der Waals surface area contributed by atoms with Crippen molar-refractivity contribution >= 4 is 34.8 Å². The zero-order chi connectivity index (χ0) is 23.8. The lowest BCUT2D eigenvalue weighted by Gasteiger charge is -2.09. The van der Waals surface area contributed by atoms with Gasteiger partial charge in [0.15, 0.2) is 11.6 Å². The van der Waals surface area contributed by atoms with Crippen LogP contribution in [0.5, 0.6) is 11.5 Å². The molecule has 0 aliphatic rings. The van der Waals surface area contributed by atoms with Crippen molar-refractivity contribution in [2.24, 2.45) is 0 Å². The van der Waals surface area contributed by atoms with Gasteiger partial charge in [-0.15, -0.1) is 0 Å². The number of hydrogen-bond donors (Lipinski definition) is 1. The van der Waals surface area contributed by atoms with Crippen molar-refractivity contribution in [1.82, 2.24) is 15.0 Å². The minimum atomic E-state index is -0.296. The Bertz CT molecular complexity index is 1360. The van der Waals surface area contributed by atoms with E-state index in [0.29, 0.717) is 23.7 Å². The summed E-state index contributed by atoms with van der Waals surface area (Å²) in [5, 5.41) is 0. The Morgan fingerprint density at radius 1 is 0.971 bits per heavy atom. The maximum Gasteiger partial charge on any atom is 0.163 e. The standard InChI is InChI=1S/C27H23N3O4/c1-33-27-16-24(34-17-21-4-2-3-13-28-21)11-8-20(27)7-10-23(32)15-22(31)9-5-19-6-12-25-26(14-19)30-18-29-25/h2-14,16,18H,15,17H2,1H3,(H,29,30)/b9-5+,10-7+. The minimum absolute atomic E-state index is 0.217. The van der Waals surface area contributed by atoms with Gasteiger partial charge in [-0.2, -0.15) is 0 Å². The molecule has 2 aromatic heterocycles. The molecule has 2 heterocycles. The van der Waals surface area contributed by atoms with Crippen LogP contribution in [0.25, 0.3) is 23.2 Å². The molecule has 0 radical (unpaired) electrons. The van der Waals surface area contributed by atoms with Gasteiger partial charge in [-0.05, 0) is 60.2 Å². The van der Waals surface area contributed by atoms with E-state index >= 15 is 0 Å². The fourth-order valence-electron chi connectivity index (χ4n) is 3.27. The lowest BCUT2D eigenvalue weighted by atomic mass is 10.1. The lowest BCUT2D eigenvalue weighted by Crippen LogP contribution is -2.02. The Morgan fingerprint density at radius 3 is 2.62 bits per heavy atom. The molecule has 170 valence electrons. The molecule has 0 spiro atoms. The first-order valence-electron chi connectivity index (χ1n) is 10.7. The Kier molecular flexibility index (Phi) is 7.25. The van der Waals surface area contributed by atoms with Gasteiger partial charge in [0.1, 0.15) is 18.1 Å². The van der Waals surface area contributed by atoms with Crippen molar-refractivity contribution in [1.29, 1.82) is 0 Å². The summed E-state index contributed by atoms with van der Waals surface area (Å²) in [7, 11) is 1.55. The van der Waals surface area contributed by atoms with Crippen LogP contribution in [0.4, 0.5) is 0 Å². The van der Waals surface area contributed by atoms with E-state index in [9.17, 15) is 9.59 Å². The summed E-state index contributed by atoms with van der Waals surface area (Å²) in [4.78, 5) is 35.9. The molecular formula is C27H23N3O4. The number of aromatic nitrogens is 3. The Hall–Kier alpha value is -4.52. The van der Waals surface area contributed by atoms with Crippen LogP contribution in [-0.2, 0) is 16.2 Å². The first-order valence-corrected chi connectivity index (χ1v) is 10.7. The molecular weight excluding hydrogens is 430 g/mol. The molecule has 0 saturated heterocycles. The summed E-state index contributed by atoms with van der Waals surface area (Å²) in [5.74, 6) is 0.610. The number of methoxy groups -OCH3 is 1. The maximum absolute atomic E-state index is 12.3. The summed E-state index contributed by atoms with van der Waals surface area (Å²) in [6.45, 7) is 0.336. The van der Waals surface area contributed by atoms with Gasteiger partial charge in [0.2, 0.25) is 0 Å². The molecule has 0 atom stereocenters. The number of nitrogens with zero attached hydrogens (tertiary/aromatic N) is 2. The monoisotopic (exact) mass is 453 g/mol. The molecule has 0 fully saturated rings. The highest BCUT2D eigenvalue weighted by molar-refractivity contribution is 6.11. The third kappa shape index (κ3) is 6.04. The Morgan fingerprint density at radius 2 is 1.82 bits per heavy atom. The topological polar surface area (TPSA) is 94.2 Å². The van der Waals surface area contributed by atoms with Crippen molar-refractivity contribution in [3.05, 3.63) is 96.1 Å². The van der Waals surface area contributed by atoms with Gasteiger partial charge in [-0.1, -0.05) is 18.2 Å². The molecule has 2 aromatic carbocycles. The van der Waals surface area contributed by atoms with Crippen LogP contribution < -0.4 is 9.47 Å². The highest BCUT2D eigenvalue weighted by Gasteiger charge is 2.07.